The molecule has 3 nitrogen and oxygen atoms in total. The second-order valence-electron chi connectivity index (χ2n) is 5.26. The monoisotopic (exact) mass is 341 g/mol. The predicted octanol–water partition coefficient (Wildman–Crippen LogP) is 4.44. The Morgan fingerprint density at radius 1 is 1.15 bits per heavy atom. The third-order valence-corrected chi connectivity index (χ3v) is 4.62. The van der Waals surface area contributed by atoms with Crippen LogP contribution in [-0.4, -0.2) is 13.2 Å². The molecule has 0 heterocycles. The van der Waals surface area contributed by atoms with Crippen LogP contribution in [-0.2, 0) is 0 Å². The first-order valence-corrected chi connectivity index (χ1v) is 8.31. The Balaban J connectivity index is 2.29. The molecule has 0 saturated heterocycles. The molecule has 0 radical (unpaired) electrons. The molecule has 2 N–H and O–H groups in total. The van der Waals surface area contributed by atoms with Gasteiger partial charge in [-0.2, -0.15) is 0 Å². The van der Waals surface area contributed by atoms with Gasteiger partial charge in [0.1, 0.15) is 0 Å². The summed E-state index contributed by atoms with van der Waals surface area (Å²) in [6, 6.07) is 4.10. The van der Waals surface area contributed by atoms with Gasteiger partial charge >= 0.3 is 0 Å². The molecule has 0 aliphatic heterocycles. The molecule has 1 saturated carbocycles. The fourth-order valence-corrected chi connectivity index (χ4v) is 3.50. The van der Waals surface area contributed by atoms with Crippen molar-refractivity contribution in [2.24, 2.45) is 11.7 Å². The molecular weight excluding hydrogens is 318 g/mol. The van der Waals surface area contributed by atoms with Crippen LogP contribution in [0.15, 0.2) is 16.6 Å². The topological polar surface area (TPSA) is 44.5 Å². The molecule has 1 aliphatic carbocycles. The maximum absolute atomic E-state index is 6.46. The van der Waals surface area contributed by atoms with E-state index in [0.717, 1.165) is 21.5 Å². The van der Waals surface area contributed by atoms with E-state index < -0.39 is 0 Å². The summed E-state index contributed by atoms with van der Waals surface area (Å²) in [6.45, 7) is 5.20. The molecule has 4 heteroatoms. The van der Waals surface area contributed by atoms with Crippen LogP contribution in [0, 0.1) is 5.92 Å². The van der Waals surface area contributed by atoms with Crippen LogP contribution in [0.4, 0.5) is 0 Å². The summed E-state index contributed by atoms with van der Waals surface area (Å²) in [6.07, 6.45) is 5.05. The van der Waals surface area contributed by atoms with Crippen molar-refractivity contribution >= 4 is 15.9 Å². The lowest BCUT2D eigenvalue weighted by Crippen LogP contribution is -2.19. The van der Waals surface area contributed by atoms with E-state index in [9.17, 15) is 0 Å². The predicted molar refractivity (Wildman–Crippen MR) is 85.4 cm³/mol. The fraction of sp³-hybridized carbons (Fsp3) is 0.625. The summed E-state index contributed by atoms with van der Waals surface area (Å²) >= 11 is 3.63. The van der Waals surface area contributed by atoms with E-state index in [-0.39, 0.29) is 6.04 Å². The smallest absolute Gasteiger partial charge is 0.162 e. The van der Waals surface area contributed by atoms with E-state index >= 15 is 0 Å². The molecule has 1 fully saturated rings. The maximum Gasteiger partial charge on any atom is 0.162 e. The van der Waals surface area contributed by atoms with Gasteiger partial charge in [0.15, 0.2) is 11.5 Å². The molecule has 112 valence electrons. The van der Waals surface area contributed by atoms with Gasteiger partial charge < -0.3 is 15.2 Å². The number of ether oxygens (including phenoxy) is 2. The second kappa shape index (κ2) is 7.32. The number of benzene rings is 1. The van der Waals surface area contributed by atoms with Gasteiger partial charge in [0.2, 0.25) is 0 Å². The third-order valence-electron chi connectivity index (χ3n) is 3.93. The molecule has 1 aliphatic rings. The summed E-state index contributed by atoms with van der Waals surface area (Å²) < 4.78 is 12.3. The normalized spacial score (nSPS) is 17.2. The average molecular weight is 342 g/mol. The van der Waals surface area contributed by atoms with Gasteiger partial charge in [-0.05, 0) is 50.3 Å². The average Bonchev–Trinajstić information content (AvgIpc) is 2.95. The summed E-state index contributed by atoms with van der Waals surface area (Å²) in [4.78, 5) is 0. The Morgan fingerprint density at radius 2 is 1.70 bits per heavy atom. The Kier molecular flexibility index (Phi) is 5.73. The number of rotatable bonds is 6. The summed E-state index contributed by atoms with van der Waals surface area (Å²) in [5.41, 5.74) is 7.59. The largest absolute Gasteiger partial charge is 0.490 e. The molecular formula is C16H24BrNO2. The highest BCUT2D eigenvalue weighted by Crippen LogP contribution is 2.41. The van der Waals surface area contributed by atoms with Gasteiger partial charge in [0.05, 0.1) is 13.2 Å². The van der Waals surface area contributed by atoms with E-state index in [1.165, 1.54) is 25.7 Å². The van der Waals surface area contributed by atoms with E-state index in [1.54, 1.807) is 0 Å². The van der Waals surface area contributed by atoms with E-state index in [4.69, 9.17) is 15.2 Å². The van der Waals surface area contributed by atoms with Crippen LogP contribution in [0.1, 0.15) is 51.1 Å². The molecule has 0 spiro atoms. The van der Waals surface area contributed by atoms with Gasteiger partial charge in [-0.25, -0.2) is 0 Å². The van der Waals surface area contributed by atoms with Crippen LogP contribution in [0.25, 0.3) is 0 Å². The highest BCUT2D eigenvalue weighted by atomic mass is 79.9. The van der Waals surface area contributed by atoms with Crippen LogP contribution >= 0.6 is 15.9 Å². The lowest BCUT2D eigenvalue weighted by Gasteiger charge is -2.22. The van der Waals surface area contributed by atoms with Crippen molar-refractivity contribution in [2.75, 3.05) is 13.2 Å². The summed E-state index contributed by atoms with van der Waals surface area (Å²) in [5.74, 6) is 2.16. The van der Waals surface area contributed by atoms with Gasteiger partial charge in [-0.3, -0.25) is 0 Å². The Morgan fingerprint density at radius 3 is 2.25 bits per heavy atom. The van der Waals surface area contributed by atoms with Crippen LogP contribution in [0.5, 0.6) is 11.5 Å². The molecule has 0 bridgehead atoms. The Labute approximate surface area is 130 Å². The quantitative estimate of drug-likeness (QED) is 0.831. The van der Waals surface area contributed by atoms with Gasteiger partial charge in [0, 0.05) is 10.5 Å². The maximum atomic E-state index is 6.46. The zero-order valence-electron chi connectivity index (χ0n) is 12.3. The Hall–Kier alpha value is -0.740. The zero-order valence-corrected chi connectivity index (χ0v) is 13.9. The van der Waals surface area contributed by atoms with E-state index in [1.807, 2.05) is 26.0 Å². The second-order valence-corrected chi connectivity index (χ2v) is 6.11. The summed E-state index contributed by atoms with van der Waals surface area (Å²) in [7, 11) is 0. The van der Waals surface area contributed by atoms with E-state index in [2.05, 4.69) is 15.9 Å². The van der Waals surface area contributed by atoms with Gasteiger partial charge in [-0.1, -0.05) is 28.8 Å². The van der Waals surface area contributed by atoms with Crippen molar-refractivity contribution in [3.05, 3.63) is 22.2 Å². The lowest BCUT2D eigenvalue weighted by molar-refractivity contribution is 0.286. The van der Waals surface area contributed by atoms with Crippen LogP contribution in [0.2, 0.25) is 0 Å². The standard InChI is InChI=1S/C16H24BrNO2/c1-3-19-14-9-12(13(17)10-15(14)20-4-2)16(18)11-7-5-6-8-11/h9-11,16H,3-8,18H2,1-2H3. The third kappa shape index (κ3) is 3.47. The fourth-order valence-electron chi connectivity index (χ4n) is 2.91. The lowest BCUT2D eigenvalue weighted by atomic mass is 9.92. The van der Waals surface area contributed by atoms with Crippen molar-refractivity contribution in [2.45, 2.75) is 45.6 Å². The van der Waals surface area contributed by atoms with E-state index in [0.29, 0.717) is 19.1 Å². The van der Waals surface area contributed by atoms with Gasteiger partial charge in [-0.15, -0.1) is 0 Å². The molecule has 20 heavy (non-hydrogen) atoms. The van der Waals surface area contributed by atoms with Crippen molar-refractivity contribution in [1.29, 1.82) is 0 Å². The van der Waals surface area contributed by atoms with Crippen LogP contribution in [0.3, 0.4) is 0 Å². The van der Waals surface area contributed by atoms with Crippen molar-refractivity contribution in [3.63, 3.8) is 0 Å². The molecule has 1 aromatic rings. The minimum absolute atomic E-state index is 0.0711. The van der Waals surface area contributed by atoms with Crippen molar-refractivity contribution in [3.8, 4) is 11.5 Å². The number of halogens is 1. The number of nitrogens with two attached hydrogens (primary N) is 1. The SMILES string of the molecule is CCOc1cc(Br)c(C(N)C2CCCC2)cc1OCC. The highest BCUT2D eigenvalue weighted by molar-refractivity contribution is 9.10. The first-order valence-electron chi connectivity index (χ1n) is 7.52. The summed E-state index contributed by atoms with van der Waals surface area (Å²) in [5, 5.41) is 0. The minimum Gasteiger partial charge on any atom is -0.490 e. The van der Waals surface area contributed by atoms with Gasteiger partial charge in [0.25, 0.3) is 0 Å². The first kappa shape index (κ1) is 15.6. The highest BCUT2D eigenvalue weighted by Gasteiger charge is 2.26. The number of hydrogen-bond acceptors (Lipinski definition) is 3. The molecule has 1 atom stereocenters. The molecule has 0 amide bonds. The minimum atomic E-state index is 0.0711. The Bertz CT molecular complexity index is 444. The molecule has 1 aromatic carbocycles. The first-order chi connectivity index (χ1) is 9.67. The van der Waals surface area contributed by atoms with Crippen LogP contribution < -0.4 is 15.2 Å². The molecule has 1 unspecified atom stereocenters. The van der Waals surface area contributed by atoms with Crippen molar-refractivity contribution < 1.29 is 9.47 Å². The van der Waals surface area contributed by atoms with Crippen molar-refractivity contribution in [1.82, 2.24) is 0 Å². The molecule has 0 aromatic heterocycles. The zero-order chi connectivity index (χ0) is 14.5. The molecule has 2 rings (SSSR count). The number of hydrogen-bond donors (Lipinski definition) is 1.